The van der Waals surface area contributed by atoms with Crippen LogP contribution < -0.4 is 5.32 Å². The minimum absolute atomic E-state index is 1.16. The Morgan fingerprint density at radius 1 is 1.20 bits per heavy atom. The van der Waals surface area contributed by atoms with Gasteiger partial charge in [-0.2, -0.15) is 0 Å². The maximum atomic E-state index is 3.03. The number of nitrogens with one attached hydrogen (secondary N) is 1. The normalized spacial score (nSPS) is 7.50. The molecule has 0 bridgehead atoms. The summed E-state index contributed by atoms with van der Waals surface area (Å²) in [6.45, 7) is 0. The molecule has 1 aromatic rings. The van der Waals surface area contributed by atoms with Gasteiger partial charge in [0, 0.05) is 12.7 Å². The van der Waals surface area contributed by atoms with Gasteiger partial charge in [-0.05, 0) is 12.1 Å². The molecule has 0 aliphatic carbocycles. The maximum Gasteiger partial charge on any atom is 1.52 e. The lowest BCUT2D eigenvalue weighted by Gasteiger charge is -1.94. The Kier molecular flexibility index (Phi) is 7.57. The lowest BCUT2D eigenvalue weighted by atomic mass is 10.3. The molecule has 3 heteroatoms. The maximum absolute atomic E-state index is 3.03. The van der Waals surface area contributed by atoms with Gasteiger partial charge < -0.3 is 5.32 Å². The largest absolute Gasteiger partial charge is 1.52 e. The zero-order valence-electron chi connectivity index (χ0n) is 5.97. The van der Waals surface area contributed by atoms with Crippen molar-refractivity contribution in [1.29, 1.82) is 0 Å². The van der Waals surface area contributed by atoms with Crippen LogP contribution in [0.3, 0.4) is 0 Å². The highest BCUT2D eigenvalue weighted by Crippen LogP contribution is 2.01. The number of para-hydroxylation sites is 1. The second-order valence-corrected chi connectivity index (χ2v) is 1.62. The fourth-order valence-electron chi connectivity index (χ4n) is 0.605. The molecule has 10 heavy (non-hydrogen) atoms. The zero-order valence-corrected chi connectivity index (χ0v) is 8.97. The Morgan fingerprint density at radius 2 is 1.70 bits per heavy atom. The number of rotatable bonds is 1. The minimum Gasteiger partial charge on any atom is -0.388 e. The van der Waals surface area contributed by atoms with Gasteiger partial charge in [0.2, 0.25) is 0 Å². The molecule has 0 fully saturated rings. The van der Waals surface area contributed by atoms with Crippen molar-refractivity contribution >= 4 is 38.1 Å². The van der Waals surface area contributed by atoms with E-state index in [0.29, 0.717) is 0 Å². The van der Waals surface area contributed by atoms with Crippen LogP contribution in [0.25, 0.3) is 0 Å². The second-order valence-electron chi connectivity index (χ2n) is 1.62. The number of hydrogen-bond acceptors (Lipinski definition) is 1. The van der Waals surface area contributed by atoms with Crippen molar-refractivity contribution in [2.75, 3.05) is 12.4 Å². The molecule has 1 rings (SSSR count). The first-order valence-electron chi connectivity index (χ1n) is 2.93. The average Bonchev–Trinajstić information content (AvgIpc) is 2.10. The molecule has 0 aromatic heterocycles. The monoisotopic (exact) mass is 210 g/mol. The van der Waals surface area contributed by atoms with Gasteiger partial charge in [0.05, 0.1) is 0 Å². The van der Waals surface area contributed by atoms with Crippen molar-refractivity contribution in [2.45, 2.75) is 0 Å². The van der Waals surface area contributed by atoms with Crippen molar-refractivity contribution in [3.8, 4) is 0 Å². The van der Waals surface area contributed by atoms with Crippen LogP contribution >= 0.6 is 12.9 Å². The van der Waals surface area contributed by atoms with Gasteiger partial charge in [0.25, 0.3) is 0 Å². The van der Waals surface area contributed by atoms with Crippen LogP contribution in [-0.4, -0.2) is 26.6 Å². The highest BCUT2D eigenvalue weighted by Gasteiger charge is 2.13. The van der Waals surface area contributed by atoms with Crippen molar-refractivity contribution < 1.29 is 0 Å². The Bertz CT molecular complexity index is 155. The summed E-state index contributed by atoms with van der Waals surface area (Å²) in [7, 11) is 1.91. The molecule has 0 atom stereocenters. The van der Waals surface area contributed by atoms with Crippen LogP contribution in [0.4, 0.5) is 5.69 Å². The van der Waals surface area contributed by atoms with E-state index in [4.69, 9.17) is 0 Å². The third-order valence-corrected chi connectivity index (χ3v) is 1.06. The minimum atomic E-state index is 1.16. The quantitative estimate of drug-likeness (QED) is 0.702. The summed E-state index contributed by atoms with van der Waals surface area (Å²) in [5.74, 6) is 0. The molecule has 0 spiro atoms. The first kappa shape index (κ1) is 10.3. The Labute approximate surface area is 80.5 Å². The molecule has 0 aliphatic heterocycles. The summed E-state index contributed by atoms with van der Waals surface area (Å²) >= 11 is 4.64. The topological polar surface area (TPSA) is 12.0 Å². The molecule has 7 radical (unpaired) electrons. The number of hydrogen-bond donors (Lipinski definition) is 1. The van der Waals surface area contributed by atoms with Gasteiger partial charge in [0.15, 0.2) is 0 Å². The van der Waals surface area contributed by atoms with E-state index in [1.165, 1.54) is 0 Å². The van der Waals surface area contributed by atoms with E-state index in [2.05, 4.69) is 18.2 Å². The fraction of sp³-hybridized carbons (Fsp3) is 0.143. The molecule has 1 aromatic carbocycles. The van der Waals surface area contributed by atoms with Crippen LogP contribution in [0.5, 0.6) is 0 Å². The molecular formula is C7H9BrMgN+2. The predicted molar refractivity (Wildman–Crippen MR) is 50.7 cm³/mol. The van der Waals surface area contributed by atoms with Crippen molar-refractivity contribution in [3.05, 3.63) is 30.3 Å². The van der Waals surface area contributed by atoms with E-state index in [-0.39, 0.29) is 0 Å². The van der Waals surface area contributed by atoms with Crippen molar-refractivity contribution in [3.63, 3.8) is 0 Å². The third-order valence-electron chi connectivity index (χ3n) is 1.06. The summed E-state index contributed by atoms with van der Waals surface area (Å²) < 4.78 is 0. The summed E-state index contributed by atoms with van der Waals surface area (Å²) in [6, 6.07) is 10.1. The van der Waals surface area contributed by atoms with Crippen molar-refractivity contribution in [1.82, 2.24) is 0 Å². The Morgan fingerprint density at radius 3 is 2.00 bits per heavy atom. The van der Waals surface area contributed by atoms with E-state index < -0.39 is 0 Å². The van der Waals surface area contributed by atoms with Crippen LogP contribution in [0.15, 0.2) is 30.3 Å². The zero-order chi connectivity index (χ0) is 7.82. The van der Waals surface area contributed by atoms with E-state index >= 15 is 0 Å². The van der Waals surface area contributed by atoms with E-state index in [1.807, 2.05) is 37.4 Å². The van der Waals surface area contributed by atoms with Gasteiger partial charge in [-0.15, -0.1) is 0 Å². The van der Waals surface area contributed by atoms with Gasteiger partial charge in [-0.3, -0.25) is 0 Å². The van der Waals surface area contributed by atoms with Crippen LogP contribution in [0.2, 0.25) is 0 Å². The summed E-state index contributed by atoms with van der Waals surface area (Å²) in [5.41, 5.74) is 1.16. The van der Waals surface area contributed by atoms with Crippen molar-refractivity contribution in [2.24, 2.45) is 0 Å². The fourth-order valence-corrected chi connectivity index (χ4v) is 0.605. The molecule has 0 saturated heterocycles. The molecule has 0 unspecified atom stereocenters. The average molecular weight is 211 g/mol. The lowest BCUT2D eigenvalue weighted by Crippen LogP contribution is -1.84. The second kappa shape index (κ2) is 7.37. The van der Waals surface area contributed by atoms with Crippen LogP contribution in [-0.2, 0) is 0 Å². The SMILES string of the molecule is CNc1ccccc1.[Mg+2][Br]. The predicted octanol–water partition coefficient (Wildman–Crippen LogP) is 2.19. The van der Waals surface area contributed by atoms with Gasteiger partial charge >= 0.3 is 32.4 Å². The van der Waals surface area contributed by atoms with E-state index in [1.54, 1.807) is 19.5 Å². The Balaban J connectivity index is 0.000000371. The molecule has 0 heterocycles. The van der Waals surface area contributed by atoms with Gasteiger partial charge in [-0.25, -0.2) is 0 Å². The molecule has 49 valence electrons. The number of halogens is 1. The molecule has 1 nitrogen and oxygen atoms in total. The summed E-state index contributed by atoms with van der Waals surface area (Å²) in [4.78, 5) is 0. The molecule has 0 aliphatic rings. The Hall–Kier alpha value is 0.266. The highest BCUT2D eigenvalue weighted by molar-refractivity contribution is 9.22. The lowest BCUT2D eigenvalue weighted by molar-refractivity contribution is 1.51. The number of benzene rings is 1. The first-order chi connectivity index (χ1) is 4.93. The highest BCUT2D eigenvalue weighted by atomic mass is 79.9. The van der Waals surface area contributed by atoms with Gasteiger partial charge in [0.1, 0.15) is 0 Å². The molecule has 0 amide bonds. The standard InChI is InChI=1S/C7H9N.BrH.Mg/c1-8-7-5-3-2-4-6-7;;/h2-6,8H,1H3;1H;/q;;+3/p-1. The smallest absolute Gasteiger partial charge is 0.388 e. The third kappa shape index (κ3) is 4.14. The number of anilines is 1. The van der Waals surface area contributed by atoms with E-state index in [9.17, 15) is 0 Å². The van der Waals surface area contributed by atoms with E-state index in [0.717, 1.165) is 5.69 Å². The molecule has 1 N–H and O–H groups in total. The summed E-state index contributed by atoms with van der Waals surface area (Å²) in [5, 5.41) is 3.03. The van der Waals surface area contributed by atoms with Crippen LogP contribution in [0, 0.1) is 0 Å². The van der Waals surface area contributed by atoms with Crippen LogP contribution in [0.1, 0.15) is 0 Å². The van der Waals surface area contributed by atoms with Gasteiger partial charge in [-0.1, -0.05) is 18.2 Å². The molecule has 0 saturated carbocycles. The first-order valence-corrected chi connectivity index (χ1v) is 6.83. The summed E-state index contributed by atoms with van der Waals surface area (Å²) in [6.07, 6.45) is 0. The molecular weight excluding hydrogens is 202 g/mol.